The van der Waals surface area contributed by atoms with E-state index in [1.807, 2.05) is 53.4 Å². The zero-order valence-corrected chi connectivity index (χ0v) is 17.7. The van der Waals surface area contributed by atoms with Crippen molar-refractivity contribution in [1.29, 1.82) is 0 Å². The first-order valence-electron chi connectivity index (χ1n) is 11.0. The Morgan fingerprint density at radius 1 is 1.19 bits per heavy atom. The molecule has 31 heavy (non-hydrogen) atoms. The van der Waals surface area contributed by atoms with Crippen LogP contribution in [-0.4, -0.2) is 46.9 Å². The monoisotopic (exact) mass is 417 g/mol. The van der Waals surface area contributed by atoms with Gasteiger partial charge in [0.25, 0.3) is 5.91 Å². The molecule has 0 aliphatic carbocycles. The minimum Gasteiger partial charge on any atom is -0.494 e. The van der Waals surface area contributed by atoms with E-state index in [2.05, 4.69) is 23.2 Å². The van der Waals surface area contributed by atoms with E-state index in [1.54, 1.807) is 0 Å². The van der Waals surface area contributed by atoms with Gasteiger partial charge < -0.3 is 14.4 Å². The second-order valence-corrected chi connectivity index (χ2v) is 8.14. The molecular weight excluding hydrogens is 390 g/mol. The molecule has 0 radical (unpaired) electrons. The molecule has 2 aromatic carbocycles. The lowest BCUT2D eigenvalue weighted by atomic mass is 9.95. The van der Waals surface area contributed by atoms with Gasteiger partial charge in [-0.05, 0) is 37.0 Å². The highest BCUT2D eigenvalue weighted by Gasteiger charge is 2.43. The van der Waals surface area contributed by atoms with Crippen LogP contribution in [0.5, 0.6) is 5.75 Å². The Labute approximate surface area is 182 Å². The molecule has 2 aliphatic heterocycles. The highest BCUT2D eigenvalue weighted by atomic mass is 16.5. The van der Waals surface area contributed by atoms with Gasteiger partial charge in [-0.15, -0.1) is 0 Å². The maximum absolute atomic E-state index is 13.4. The third kappa shape index (κ3) is 3.72. The third-order valence-corrected chi connectivity index (χ3v) is 5.98. The van der Waals surface area contributed by atoms with E-state index >= 15 is 0 Å². The van der Waals surface area contributed by atoms with E-state index in [0.717, 1.165) is 54.0 Å². The molecule has 3 aromatic rings. The van der Waals surface area contributed by atoms with Crippen LogP contribution >= 0.6 is 0 Å². The van der Waals surface area contributed by atoms with Crippen molar-refractivity contribution in [3.05, 3.63) is 71.4 Å². The molecule has 0 spiro atoms. The molecular formula is C25H27N3O3. The van der Waals surface area contributed by atoms with Crippen molar-refractivity contribution in [3.8, 4) is 17.0 Å². The number of ether oxygens (including phenoxy) is 2. The summed E-state index contributed by atoms with van der Waals surface area (Å²) in [4.78, 5) is 15.4. The highest BCUT2D eigenvalue weighted by molar-refractivity contribution is 6.00. The smallest absolute Gasteiger partial charge is 0.273 e. The van der Waals surface area contributed by atoms with Gasteiger partial charge >= 0.3 is 0 Å². The molecule has 160 valence electrons. The Hall–Kier alpha value is -3.12. The zero-order valence-electron chi connectivity index (χ0n) is 17.7. The largest absolute Gasteiger partial charge is 0.494 e. The topological polar surface area (TPSA) is 67.5 Å². The Kier molecular flexibility index (Phi) is 5.47. The third-order valence-electron chi connectivity index (χ3n) is 5.98. The van der Waals surface area contributed by atoms with Gasteiger partial charge in [-0.3, -0.25) is 9.89 Å². The molecule has 2 unspecified atom stereocenters. The number of rotatable bonds is 7. The lowest BCUT2D eigenvalue weighted by molar-refractivity contribution is 0.0495. The molecule has 3 heterocycles. The first-order chi connectivity index (χ1) is 15.3. The molecule has 6 heteroatoms. The normalized spacial score (nSPS) is 20.3. The van der Waals surface area contributed by atoms with Crippen molar-refractivity contribution in [2.45, 2.75) is 38.3 Å². The number of carbonyl (C=O) groups excluding carboxylic acids is 1. The molecule has 1 amide bonds. The molecule has 0 saturated carbocycles. The summed E-state index contributed by atoms with van der Waals surface area (Å²) in [5.74, 6) is 0.798. The van der Waals surface area contributed by atoms with Gasteiger partial charge in [0, 0.05) is 24.3 Å². The maximum Gasteiger partial charge on any atom is 0.273 e. The van der Waals surface area contributed by atoms with E-state index in [1.165, 1.54) is 0 Å². The Balaban J connectivity index is 1.58. The van der Waals surface area contributed by atoms with Crippen LogP contribution in [0.1, 0.15) is 53.8 Å². The fourth-order valence-electron chi connectivity index (χ4n) is 4.55. The summed E-state index contributed by atoms with van der Waals surface area (Å²) in [6.07, 6.45) is 3.04. The lowest BCUT2D eigenvalue weighted by Crippen LogP contribution is -2.36. The second-order valence-electron chi connectivity index (χ2n) is 8.14. The SMILES string of the molecule is CCCOc1cccc(C2c3c(-c4ccccc4)n[nH]c3C(=O)N2CC2CCCO2)c1. The fraction of sp³-hybridized carbons (Fsp3) is 0.360. The van der Waals surface area contributed by atoms with Crippen molar-refractivity contribution in [1.82, 2.24) is 15.1 Å². The van der Waals surface area contributed by atoms with Crippen LogP contribution in [0.3, 0.4) is 0 Å². The number of benzene rings is 2. The van der Waals surface area contributed by atoms with Crippen molar-refractivity contribution < 1.29 is 14.3 Å². The minimum atomic E-state index is -0.231. The molecule has 6 nitrogen and oxygen atoms in total. The standard InChI is InChI=1S/C25H27N3O3/c1-2-13-30-19-11-6-10-18(15-19)24-21-22(17-8-4-3-5-9-17)26-27-23(21)25(29)28(24)16-20-12-7-14-31-20/h3-6,8-11,15,20,24H,2,7,12-14,16H2,1H3,(H,26,27). The fourth-order valence-corrected chi connectivity index (χ4v) is 4.55. The summed E-state index contributed by atoms with van der Waals surface area (Å²) in [7, 11) is 0. The van der Waals surface area contributed by atoms with Crippen LogP contribution in [-0.2, 0) is 4.74 Å². The van der Waals surface area contributed by atoms with Gasteiger partial charge in [0.1, 0.15) is 11.4 Å². The van der Waals surface area contributed by atoms with E-state index in [-0.39, 0.29) is 18.1 Å². The number of hydrogen-bond donors (Lipinski definition) is 1. The average Bonchev–Trinajstić information content (AvgIpc) is 3.53. The van der Waals surface area contributed by atoms with Crippen LogP contribution in [0, 0.1) is 0 Å². The van der Waals surface area contributed by atoms with Crippen LogP contribution in [0.25, 0.3) is 11.3 Å². The second kappa shape index (κ2) is 8.55. The number of hydrogen-bond acceptors (Lipinski definition) is 4. The Bertz CT molecular complexity index is 1060. The van der Waals surface area contributed by atoms with E-state index < -0.39 is 0 Å². The molecule has 1 saturated heterocycles. The van der Waals surface area contributed by atoms with Gasteiger partial charge in [0.2, 0.25) is 0 Å². The van der Waals surface area contributed by atoms with Gasteiger partial charge in [0.05, 0.1) is 24.4 Å². The van der Waals surface area contributed by atoms with Crippen molar-refractivity contribution in [3.63, 3.8) is 0 Å². The Morgan fingerprint density at radius 2 is 2.06 bits per heavy atom. The predicted octanol–water partition coefficient (Wildman–Crippen LogP) is 4.59. The lowest BCUT2D eigenvalue weighted by Gasteiger charge is -2.28. The summed E-state index contributed by atoms with van der Waals surface area (Å²) in [5, 5.41) is 7.56. The van der Waals surface area contributed by atoms with Crippen molar-refractivity contribution in [2.24, 2.45) is 0 Å². The number of fused-ring (bicyclic) bond motifs is 1. The molecule has 5 rings (SSSR count). The van der Waals surface area contributed by atoms with Crippen molar-refractivity contribution >= 4 is 5.91 Å². The minimum absolute atomic E-state index is 0.0231. The molecule has 0 bridgehead atoms. The number of amides is 1. The Morgan fingerprint density at radius 3 is 2.84 bits per heavy atom. The van der Waals surface area contributed by atoms with E-state index in [4.69, 9.17) is 9.47 Å². The van der Waals surface area contributed by atoms with Gasteiger partial charge in [-0.25, -0.2) is 0 Å². The quantitative estimate of drug-likeness (QED) is 0.611. The summed E-state index contributed by atoms with van der Waals surface area (Å²) in [6, 6.07) is 17.9. The first kappa shape index (κ1) is 19.8. The first-order valence-corrected chi connectivity index (χ1v) is 11.0. The number of aromatic nitrogens is 2. The van der Waals surface area contributed by atoms with Crippen LogP contribution < -0.4 is 4.74 Å². The predicted molar refractivity (Wildman–Crippen MR) is 118 cm³/mol. The number of H-pyrrole nitrogens is 1. The number of nitrogens with zero attached hydrogens (tertiary/aromatic N) is 2. The van der Waals surface area contributed by atoms with Gasteiger partial charge in [0.15, 0.2) is 0 Å². The summed E-state index contributed by atoms with van der Waals surface area (Å²) >= 11 is 0. The van der Waals surface area contributed by atoms with Crippen LogP contribution in [0.15, 0.2) is 54.6 Å². The number of nitrogens with one attached hydrogen (secondary N) is 1. The molecule has 2 aliphatic rings. The zero-order chi connectivity index (χ0) is 21.2. The maximum atomic E-state index is 13.4. The molecule has 2 atom stereocenters. The summed E-state index contributed by atoms with van der Waals surface area (Å²) in [6.45, 7) is 4.09. The summed E-state index contributed by atoms with van der Waals surface area (Å²) in [5.41, 5.74) is 4.35. The van der Waals surface area contributed by atoms with Gasteiger partial charge in [-0.1, -0.05) is 49.4 Å². The molecule has 1 N–H and O–H groups in total. The van der Waals surface area contributed by atoms with Crippen LogP contribution in [0.2, 0.25) is 0 Å². The molecule has 1 aromatic heterocycles. The molecule has 1 fully saturated rings. The van der Waals surface area contributed by atoms with Gasteiger partial charge in [-0.2, -0.15) is 5.10 Å². The highest BCUT2D eigenvalue weighted by Crippen LogP contribution is 2.43. The van der Waals surface area contributed by atoms with Crippen LogP contribution in [0.4, 0.5) is 0 Å². The number of aromatic amines is 1. The number of carbonyl (C=O) groups is 1. The average molecular weight is 418 g/mol. The summed E-state index contributed by atoms with van der Waals surface area (Å²) < 4.78 is 11.8. The van der Waals surface area contributed by atoms with Crippen molar-refractivity contribution in [2.75, 3.05) is 19.8 Å². The van der Waals surface area contributed by atoms with E-state index in [9.17, 15) is 4.79 Å². The van der Waals surface area contributed by atoms with E-state index in [0.29, 0.717) is 18.8 Å².